The van der Waals surface area contributed by atoms with Gasteiger partial charge in [0.25, 0.3) is 0 Å². The van der Waals surface area contributed by atoms with Gasteiger partial charge in [-0.05, 0) is 31.0 Å². The second kappa shape index (κ2) is 6.04. The third-order valence-electron chi connectivity index (χ3n) is 3.57. The summed E-state index contributed by atoms with van der Waals surface area (Å²) in [7, 11) is 0. The molecular weight excluding hydrogens is 310 g/mol. The van der Waals surface area contributed by atoms with Crippen molar-refractivity contribution in [2.75, 3.05) is 24.6 Å². The largest absolute Gasteiger partial charge is 0.394 e. The molecule has 0 amide bonds. The van der Waals surface area contributed by atoms with Gasteiger partial charge in [-0.25, -0.2) is 4.98 Å². The summed E-state index contributed by atoms with van der Waals surface area (Å²) in [4.78, 5) is 13.1. The minimum atomic E-state index is -0.193. The highest BCUT2D eigenvalue weighted by Gasteiger charge is 2.27. The first-order valence-corrected chi connectivity index (χ1v) is 8.27. The summed E-state index contributed by atoms with van der Waals surface area (Å²) in [6.45, 7) is 5.47. The lowest BCUT2D eigenvalue weighted by Gasteiger charge is -2.37. The lowest BCUT2D eigenvalue weighted by atomic mass is 10.2. The summed E-state index contributed by atoms with van der Waals surface area (Å²) in [6.07, 6.45) is 0.822. The molecule has 1 aliphatic heterocycles. The van der Waals surface area contributed by atoms with Crippen molar-refractivity contribution in [1.82, 2.24) is 9.97 Å². The van der Waals surface area contributed by atoms with E-state index in [0.717, 1.165) is 29.0 Å². The van der Waals surface area contributed by atoms with E-state index < -0.39 is 0 Å². The number of aryl methyl sites for hydroxylation is 1. The van der Waals surface area contributed by atoms with E-state index >= 15 is 0 Å². The normalized spacial score (nSPS) is 23.0. The molecule has 1 saturated heterocycles. The van der Waals surface area contributed by atoms with Crippen LogP contribution in [0.4, 0.5) is 5.82 Å². The van der Waals surface area contributed by atoms with Crippen LogP contribution in [-0.4, -0.2) is 47.0 Å². The molecule has 3 rings (SSSR count). The zero-order valence-corrected chi connectivity index (χ0v) is 13.6. The lowest BCUT2D eigenvalue weighted by Crippen LogP contribution is -2.48. The highest BCUT2D eigenvalue weighted by Crippen LogP contribution is 2.33. The maximum atomic E-state index is 9.38. The molecule has 0 saturated carbocycles. The van der Waals surface area contributed by atoms with E-state index in [2.05, 4.69) is 27.9 Å². The lowest BCUT2D eigenvalue weighted by molar-refractivity contribution is -0.0422. The SMILES string of the molecule is CCc1cc2c(N3CC(C)OC(CO)C3)nc(Cl)nc2s1. The molecule has 0 radical (unpaired) electrons. The van der Waals surface area contributed by atoms with E-state index in [1.165, 1.54) is 4.88 Å². The number of aromatic nitrogens is 2. The van der Waals surface area contributed by atoms with Gasteiger partial charge in [0.1, 0.15) is 10.6 Å². The number of halogens is 1. The van der Waals surface area contributed by atoms with Crippen molar-refractivity contribution < 1.29 is 9.84 Å². The molecule has 1 fully saturated rings. The maximum absolute atomic E-state index is 9.38. The van der Waals surface area contributed by atoms with Crippen LogP contribution < -0.4 is 4.90 Å². The number of fused-ring (bicyclic) bond motifs is 1. The van der Waals surface area contributed by atoms with Gasteiger partial charge in [-0.2, -0.15) is 4.98 Å². The van der Waals surface area contributed by atoms with Crippen LogP contribution in [0, 0.1) is 0 Å². The quantitative estimate of drug-likeness (QED) is 0.878. The van der Waals surface area contributed by atoms with Crippen molar-refractivity contribution in [2.45, 2.75) is 32.5 Å². The van der Waals surface area contributed by atoms with Gasteiger partial charge in [0, 0.05) is 18.0 Å². The van der Waals surface area contributed by atoms with E-state index in [1.54, 1.807) is 11.3 Å². The van der Waals surface area contributed by atoms with Crippen LogP contribution in [0.3, 0.4) is 0 Å². The van der Waals surface area contributed by atoms with Crippen LogP contribution in [0.15, 0.2) is 6.07 Å². The van der Waals surface area contributed by atoms with Gasteiger partial charge < -0.3 is 14.7 Å². The van der Waals surface area contributed by atoms with Crippen molar-refractivity contribution >= 4 is 39.0 Å². The van der Waals surface area contributed by atoms with Crippen molar-refractivity contribution in [3.63, 3.8) is 0 Å². The molecule has 0 spiro atoms. The van der Waals surface area contributed by atoms with E-state index in [9.17, 15) is 5.11 Å². The molecule has 2 aromatic heterocycles. The minimum absolute atomic E-state index is 0.00659. The number of nitrogens with zero attached hydrogens (tertiary/aromatic N) is 3. The predicted octanol–water partition coefficient (Wildman–Crippen LogP) is 2.49. The second-order valence-electron chi connectivity index (χ2n) is 5.26. The third kappa shape index (κ3) is 2.99. The Labute approximate surface area is 132 Å². The van der Waals surface area contributed by atoms with Gasteiger partial charge in [0.05, 0.1) is 24.2 Å². The Balaban J connectivity index is 2.04. The molecule has 7 heteroatoms. The number of hydrogen-bond donors (Lipinski definition) is 1. The summed E-state index contributed by atoms with van der Waals surface area (Å²) in [5.41, 5.74) is 0. The smallest absolute Gasteiger partial charge is 0.225 e. The molecule has 1 aliphatic rings. The second-order valence-corrected chi connectivity index (χ2v) is 6.71. The van der Waals surface area contributed by atoms with Crippen LogP contribution >= 0.6 is 22.9 Å². The van der Waals surface area contributed by atoms with Crippen molar-refractivity contribution in [3.8, 4) is 0 Å². The third-order valence-corrected chi connectivity index (χ3v) is 4.92. The van der Waals surface area contributed by atoms with Gasteiger partial charge in [-0.3, -0.25) is 0 Å². The van der Waals surface area contributed by atoms with Gasteiger partial charge in [-0.1, -0.05) is 6.92 Å². The maximum Gasteiger partial charge on any atom is 0.225 e. The van der Waals surface area contributed by atoms with E-state index in [4.69, 9.17) is 16.3 Å². The zero-order chi connectivity index (χ0) is 15.0. The van der Waals surface area contributed by atoms with Crippen molar-refractivity contribution in [1.29, 1.82) is 0 Å². The van der Waals surface area contributed by atoms with Crippen LogP contribution in [0.2, 0.25) is 5.28 Å². The van der Waals surface area contributed by atoms with Gasteiger partial charge >= 0.3 is 0 Å². The number of hydrogen-bond acceptors (Lipinski definition) is 6. The molecule has 2 aromatic rings. The highest BCUT2D eigenvalue weighted by atomic mass is 35.5. The fourth-order valence-corrected chi connectivity index (χ4v) is 3.84. The monoisotopic (exact) mass is 327 g/mol. The minimum Gasteiger partial charge on any atom is -0.394 e. The zero-order valence-electron chi connectivity index (χ0n) is 12.0. The summed E-state index contributed by atoms with van der Waals surface area (Å²) < 4.78 is 5.69. The van der Waals surface area contributed by atoms with Crippen molar-refractivity contribution in [2.24, 2.45) is 0 Å². The number of thiophene rings is 1. The molecule has 0 aliphatic carbocycles. The molecule has 2 unspecified atom stereocenters. The number of rotatable bonds is 3. The Morgan fingerprint density at radius 1 is 1.48 bits per heavy atom. The fraction of sp³-hybridized carbons (Fsp3) is 0.571. The molecule has 0 aromatic carbocycles. The summed E-state index contributed by atoms with van der Waals surface area (Å²) >= 11 is 7.73. The van der Waals surface area contributed by atoms with Crippen LogP contribution in [0.25, 0.3) is 10.2 Å². The van der Waals surface area contributed by atoms with Crippen LogP contribution in [-0.2, 0) is 11.2 Å². The first kappa shape index (κ1) is 15.0. The Morgan fingerprint density at radius 2 is 2.29 bits per heavy atom. The van der Waals surface area contributed by atoms with Crippen molar-refractivity contribution in [3.05, 3.63) is 16.2 Å². The standard InChI is InChI=1S/C14H18ClN3O2S/c1-3-10-4-11-12(16-14(15)17-13(11)21-10)18-5-8(2)20-9(6-18)7-19/h4,8-9,19H,3,5-7H2,1-2H3. The average Bonchev–Trinajstić information content (AvgIpc) is 2.88. The first-order valence-electron chi connectivity index (χ1n) is 7.08. The fourth-order valence-electron chi connectivity index (χ4n) is 2.67. The Morgan fingerprint density at radius 3 is 3.00 bits per heavy atom. The number of aliphatic hydroxyl groups is 1. The Kier molecular flexibility index (Phi) is 4.31. The van der Waals surface area contributed by atoms with E-state index in [0.29, 0.717) is 6.54 Å². The molecule has 2 atom stereocenters. The topological polar surface area (TPSA) is 58.5 Å². The first-order chi connectivity index (χ1) is 10.1. The molecule has 21 heavy (non-hydrogen) atoms. The summed E-state index contributed by atoms with van der Waals surface area (Å²) in [5.74, 6) is 0.842. The number of ether oxygens (including phenoxy) is 1. The predicted molar refractivity (Wildman–Crippen MR) is 85.4 cm³/mol. The molecule has 0 bridgehead atoms. The number of morpholine rings is 1. The number of anilines is 1. The summed E-state index contributed by atoms with van der Waals surface area (Å²) in [6, 6.07) is 2.14. The van der Waals surface area contributed by atoms with Crippen LogP contribution in [0.5, 0.6) is 0 Å². The molecule has 114 valence electrons. The summed E-state index contributed by atoms with van der Waals surface area (Å²) in [5, 5.41) is 10.7. The molecular formula is C14H18ClN3O2S. The van der Waals surface area contributed by atoms with Gasteiger partial charge in [0.15, 0.2) is 0 Å². The Bertz CT molecular complexity index is 648. The van der Waals surface area contributed by atoms with Gasteiger partial charge in [-0.15, -0.1) is 11.3 Å². The van der Waals surface area contributed by atoms with Crippen LogP contribution in [0.1, 0.15) is 18.7 Å². The number of aliphatic hydroxyl groups excluding tert-OH is 1. The van der Waals surface area contributed by atoms with E-state index in [1.807, 2.05) is 6.92 Å². The highest BCUT2D eigenvalue weighted by molar-refractivity contribution is 7.18. The van der Waals surface area contributed by atoms with Gasteiger partial charge in [0.2, 0.25) is 5.28 Å². The van der Waals surface area contributed by atoms with E-state index in [-0.39, 0.29) is 24.1 Å². The molecule has 5 nitrogen and oxygen atoms in total. The molecule has 1 N–H and O–H groups in total. The Hall–Kier alpha value is -0.950. The average molecular weight is 328 g/mol. The molecule has 3 heterocycles.